The molecule has 0 bridgehead atoms. The normalized spacial score (nSPS) is 13.8. The minimum Gasteiger partial charge on any atom is -0.410 e. The highest BCUT2D eigenvalue weighted by Gasteiger charge is 2.39. The van der Waals surface area contributed by atoms with Gasteiger partial charge >= 0.3 is 0 Å². The molecule has 1 aromatic heterocycles. The molecule has 1 aromatic carbocycles. The standard InChI is InChI=1S/C25H40BrNOSi/c1-7-8-9-10-11-12-13-24(28-29(5,6)25(2,3)4)21-15-14-20-16-17-22(19-26)27-23(20)18-21/h14-18,24H,7-13,19H2,1-6H3. The Balaban J connectivity index is 2.22. The van der Waals surface area contributed by atoms with Gasteiger partial charge in [-0.15, -0.1) is 0 Å². The monoisotopic (exact) mass is 477 g/mol. The van der Waals surface area contributed by atoms with E-state index in [9.17, 15) is 0 Å². The lowest BCUT2D eigenvalue weighted by Crippen LogP contribution is -2.41. The third-order valence-corrected chi connectivity index (χ3v) is 11.4. The maximum atomic E-state index is 6.92. The van der Waals surface area contributed by atoms with Crippen LogP contribution in [0.3, 0.4) is 0 Å². The largest absolute Gasteiger partial charge is 0.410 e. The summed E-state index contributed by atoms with van der Waals surface area (Å²) in [7, 11) is -1.85. The summed E-state index contributed by atoms with van der Waals surface area (Å²) >= 11 is 3.53. The van der Waals surface area contributed by atoms with E-state index in [1.54, 1.807) is 0 Å². The van der Waals surface area contributed by atoms with Crippen molar-refractivity contribution < 1.29 is 4.43 Å². The van der Waals surface area contributed by atoms with E-state index in [0.29, 0.717) is 0 Å². The molecule has 0 fully saturated rings. The number of benzene rings is 1. The Bertz CT molecular complexity index is 769. The third kappa shape index (κ3) is 7.18. The van der Waals surface area contributed by atoms with E-state index < -0.39 is 8.32 Å². The summed E-state index contributed by atoms with van der Waals surface area (Å²) in [6.07, 6.45) is 9.16. The van der Waals surface area contributed by atoms with Gasteiger partial charge in [0.15, 0.2) is 8.32 Å². The molecule has 0 saturated carbocycles. The van der Waals surface area contributed by atoms with Crippen LogP contribution in [0.4, 0.5) is 0 Å². The molecule has 2 aromatic rings. The fraction of sp³-hybridized carbons (Fsp3) is 0.640. The zero-order valence-corrected chi connectivity index (χ0v) is 21.9. The van der Waals surface area contributed by atoms with E-state index in [1.165, 1.54) is 49.5 Å². The van der Waals surface area contributed by atoms with Gasteiger partial charge in [-0.1, -0.05) is 100 Å². The van der Waals surface area contributed by atoms with Crippen LogP contribution >= 0.6 is 15.9 Å². The number of nitrogens with zero attached hydrogens (tertiary/aromatic N) is 1. The van der Waals surface area contributed by atoms with E-state index in [-0.39, 0.29) is 11.1 Å². The number of rotatable bonds is 11. The number of halogens is 1. The molecule has 0 N–H and O–H groups in total. The van der Waals surface area contributed by atoms with Gasteiger partial charge in [0.25, 0.3) is 0 Å². The molecule has 29 heavy (non-hydrogen) atoms. The Kier molecular flexibility index (Phi) is 9.37. The lowest BCUT2D eigenvalue weighted by molar-refractivity contribution is 0.169. The fourth-order valence-corrected chi connectivity index (χ4v) is 5.02. The van der Waals surface area contributed by atoms with E-state index in [1.807, 2.05) is 0 Å². The van der Waals surface area contributed by atoms with Crippen LogP contribution in [0, 0.1) is 0 Å². The molecule has 1 atom stereocenters. The summed E-state index contributed by atoms with van der Waals surface area (Å²) in [6.45, 7) is 14.0. The van der Waals surface area contributed by atoms with Crippen LogP contribution in [0.1, 0.15) is 90.0 Å². The minimum atomic E-state index is -1.85. The van der Waals surface area contributed by atoms with Crippen molar-refractivity contribution in [1.82, 2.24) is 4.98 Å². The molecule has 1 unspecified atom stereocenters. The molecule has 162 valence electrons. The molecule has 4 heteroatoms. The van der Waals surface area contributed by atoms with Crippen molar-refractivity contribution in [2.24, 2.45) is 0 Å². The molecular weight excluding hydrogens is 438 g/mol. The Morgan fingerprint density at radius 2 is 1.66 bits per heavy atom. The van der Waals surface area contributed by atoms with Gasteiger partial charge in [0.2, 0.25) is 0 Å². The molecule has 0 amide bonds. The highest BCUT2D eigenvalue weighted by molar-refractivity contribution is 9.08. The number of aromatic nitrogens is 1. The van der Waals surface area contributed by atoms with Crippen LogP contribution in [-0.4, -0.2) is 13.3 Å². The van der Waals surface area contributed by atoms with Gasteiger partial charge in [0.1, 0.15) is 0 Å². The predicted molar refractivity (Wildman–Crippen MR) is 133 cm³/mol. The Morgan fingerprint density at radius 3 is 2.31 bits per heavy atom. The first-order chi connectivity index (χ1) is 13.7. The van der Waals surface area contributed by atoms with Gasteiger partial charge in [0, 0.05) is 10.7 Å². The van der Waals surface area contributed by atoms with Crippen LogP contribution in [0.2, 0.25) is 18.1 Å². The highest BCUT2D eigenvalue weighted by atomic mass is 79.9. The van der Waals surface area contributed by atoms with Crippen molar-refractivity contribution in [2.45, 2.75) is 102 Å². The Morgan fingerprint density at radius 1 is 1.00 bits per heavy atom. The molecular formula is C25H40BrNOSi. The first-order valence-corrected chi connectivity index (χ1v) is 15.3. The summed E-state index contributed by atoms with van der Waals surface area (Å²) in [5, 5.41) is 2.20. The number of hydrogen-bond acceptors (Lipinski definition) is 2. The lowest BCUT2D eigenvalue weighted by atomic mass is 10.0. The average molecular weight is 479 g/mol. The van der Waals surface area contributed by atoms with Crippen molar-refractivity contribution in [2.75, 3.05) is 0 Å². The number of pyridine rings is 1. The summed E-state index contributed by atoms with van der Waals surface area (Å²) in [5.41, 5.74) is 3.44. The van der Waals surface area contributed by atoms with Crippen molar-refractivity contribution in [3.8, 4) is 0 Å². The highest BCUT2D eigenvalue weighted by Crippen LogP contribution is 2.41. The Labute approximate surface area is 188 Å². The van der Waals surface area contributed by atoms with Gasteiger partial charge in [-0.05, 0) is 42.2 Å². The second-order valence-corrected chi connectivity index (χ2v) is 15.1. The van der Waals surface area contributed by atoms with Gasteiger partial charge in [-0.3, -0.25) is 4.98 Å². The zero-order chi connectivity index (χ0) is 21.5. The van der Waals surface area contributed by atoms with Gasteiger partial charge in [-0.25, -0.2) is 0 Å². The maximum Gasteiger partial charge on any atom is 0.192 e. The molecule has 0 aliphatic carbocycles. The number of hydrogen-bond donors (Lipinski definition) is 0. The molecule has 0 radical (unpaired) electrons. The number of fused-ring (bicyclic) bond motifs is 1. The molecule has 0 saturated heterocycles. The topological polar surface area (TPSA) is 22.1 Å². The predicted octanol–water partition coefficient (Wildman–Crippen LogP) is 8.94. The molecule has 2 nitrogen and oxygen atoms in total. The van der Waals surface area contributed by atoms with Crippen LogP contribution in [0.25, 0.3) is 10.9 Å². The van der Waals surface area contributed by atoms with E-state index in [2.05, 4.69) is 87.1 Å². The summed E-state index contributed by atoms with van der Waals surface area (Å²) < 4.78 is 6.92. The van der Waals surface area contributed by atoms with Crippen molar-refractivity contribution in [3.05, 3.63) is 41.6 Å². The second-order valence-electron chi connectivity index (χ2n) is 9.81. The first kappa shape index (κ1) is 24.6. The molecule has 0 spiro atoms. The lowest BCUT2D eigenvalue weighted by Gasteiger charge is -2.39. The van der Waals surface area contributed by atoms with Crippen LogP contribution < -0.4 is 0 Å². The van der Waals surface area contributed by atoms with Crippen LogP contribution in [0.5, 0.6) is 0 Å². The SMILES string of the molecule is CCCCCCCCC(O[Si](C)(C)C(C)(C)C)c1ccc2ccc(CBr)nc2c1. The molecule has 0 aliphatic rings. The van der Waals surface area contributed by atoms with E-state index in [0.717, 1.165) is 23.0 Å². The van der Waals surface area contributed by atoms with E-state index >= 15 is 0 Å². The summed E-state index contributed by atoms with van der Waals surface area (Å²) in [5.74, 6) is 0. The first-order valence-electron chi connectivity index (χ1n) is 11.3. The smallest absolute Gasteiger partial charge is 0.192 e. The average Bonchev–Trinajstić information content (AvgIpc) is 2.67. The summed E-state index contributed by atoms with van der Waals surface area (Å²) in [6, 6.07) is 11.0. The number of alkyl halides is 1. The van der Waals surface area contributed by atoms with Crippen molar-refractivity contribution in [1.29, 1.82) is 0 Å². The molecule has 1 heterocycles. The maximum absolute atomic E-state index is 6.92. The van der Waals surface area contributed by atoms with E-state index in [4.69, 9.17) is 9.41 Å². The third-order valence-electron chi connectivity index (χ3n) is 6.35. The number of unbranched alkanes of at least 4 members (excludes halogenated alkanes) is 5. The van der Waals surface area contributed by atoms with Gasteiger partial charge < -0.3 is 4.43 Å². The molecule has 0 aliphatic heterocycles. The van der Waals surface area contributed by atoms with Gasteiger partial charge in [-0.2, -0.15) is 0 Å². The zero-order valence-electron chi connectivity index (χ0n) is 19.4. The Hall–Kier alpha value is -0.713. The van der Waals surface area contributed by atoms with Crippen molar-refractivity contribution >= 4 is 35.2 Å². The van der Waals surface area contributed by atoms with Gasteiger partial charge in [0.05, 0.1) is 17.3 Å². The van der Waals surface area contributed by atoms with Crippen LogP contribution in [0.15, 0.2) is 30.3 Å². The second kappa shape index (κ2) is 11.1. The quantitative estimate of drug-likeness (QED) is 0.183. The van der Waals surface area contributed by atoms with Crippen LogP contribution in [-0.2, 0) is 9.76 Å². The summed E-state index contributed by atoms with van der Waals surface area (Å²) in [4.78, 5) is 4.82. The molecule has 2 rings (SSSR count). The minimum absolute atomic E-state index is 0.167. The fourth-order valence-electron chi connectivity index (χ4n) is 3.39. The van der Waals surface area contributed by atoms with Crippen molar-refractivity contribution in [3.63, 3.8) is 0 Å².